The Kier molecular flexibility index (Phi) is 3.92. The zero-order valence-corrected chi connectivity index (χ0v) is 16.1. The molecule has 2 aliphatic rings. The summed E-state index contributed by atoms with van der Waals surface area (Å²) in [4.78, 5) is 20.1. The second-order valence-electron chi connectivity index (χ2n) is 7.61. The van der Waals surface area contributed by atoms with Gasteiger partial charge in [-0.25, -0.2) is 15.0 Å². The van der Waals surface area contributed by atoms with Crippen molar-refractivity contribution in [1.82, 2.24) is 24.5 Å². The summed E-state index contributed by atoms with van der Waals surface area (Å²) >= 11 is 0. The van der Waals surface area contributed by atoms with Crippen molar-refractivity contribution in [1.29, 1.82) is 0 Å². The van der Waals surface area contributed by atoms with Crippen molar-refractivity contribution in [3.63, 3.8) is 0 Å². The molecule has 0 amide bonds. The van der Waals surface area contributed by atoms with E-state index in [1.807, 2.05) is 29.8 Å². The molecule has 28 heavy (non-hydrogen) atoms. The first-order valence-corrected chi connectivity index (χ1v) is 9.61. The van der Waals surface area contributed by atoms with Gasteiger partial charge in [0.2, 0.25) is 5.95 Å². The highest BCUT2D eigenvalue weighted by Gasteiger charge is 2.43. The van der Waals surface area contributed by atoms with Gasteiger partial charge in [0.05, 0.1) is 35.6 Å². The van der Waals surface area contributed by atoms with Gasteiger partial charge in [0.25, 0.3) is 0 Å². The van der Waals surface area contributed by atoms with Gasteiger partial charge in [0.15, 0.2) is 11.6 Å². The molecule has 1 fully saturated rings. The average Bonchev–Trinajstić information content (AvgIpc) is 3.36. The number of ether oxygens (including phenoxy) is 1. The van der Waals surface area contributed by atoms with E-state index in [9.17, 15) is 0 Å². The Hall–Kier alpha value is -3.16. The molecule has 0 radical (unpaired) electrons. The topological polar surface area (TPSA) is 81.0 Å². The van der Waals surface area contributed by atoms with Crippen molar-refractivity contribution >= 4 is 17.6 Å². The zero-order chi connectivity index (χ0) is 19.1. The van der Waals surface area contributed by atoms with Gasteiger partial charge in [0, 0.05) is 13.2 Å². The molecule has 0 unspecified atom stereocenters. The van der Waals surface area contributed by atoms with E-state index in [0.717, 1.165) is 35.8 Å². The van der Waals surface area contributed by atoms with Crippen molar-refractivity contribution in [2.24, 2.45) is 0 Å². The molecule has 4 heterocycles. The summed E-state index contributed by atoms with van der Waals surface area (Å²) in [5.41, 5.74) is 1.99. The van der Waals surface area contributed by atoms with Crippen molar-refractivity contribution < 1.29 is 4.74 Å². The first kappa shape index (κ1) is 17.0. The molecule has 0 aromatic carbocycles. The number of nitrogens with zero attached hydrogens (tertiary/aromatic N) is 6. The van der Waals surface area contributed by atoms with Gasteiger partial charge in [-0.1, -0.05) is 12.8 Å². The maximum Gasteiger partial charge on any atom is 0.230 e. The molecule has 0 saturated heterocycles. The van der Waals surface area contributed by atoms with Crippen molar-refractivity contribution in [2.45, 2.75) is 38.1 Å². The molecule has 0 atom stereocenters. The summed E-state index contributed by atoms with van der Waals surface area (Å²) in [6, 6.07) is 3.89. The van der Waals surface area contributed by atoms with Crippen LogP contribution in [-0.2, 0) is 0 Å². The second-order valence-corrected chi connectivity index (χ2v) is 7.61. The Morgan fingerprint density at radius 1 is 1.11 bits per heavy atom. The number of aryl methyl sites for hydroxylation is 1. The van der Waals surface area contributed by atoms with Crippen LogP contribution in [0.25, 0.3) is 5.69 Å². The first-order chi connectivity index (χ1) is 13.6. The Labute approximate surface area is 163 Å². The monoisotopic (exact) mass is 377 g/mol. The van der Waals surface area contributed by atoms with E-state index in [-0.39, 0.29) is 5.54 Å². The number of imidazole rings is 1. The van der Waals surface area contributed by atoms with Crippen LogP contribution < -0.4 is 15.0 Å². The van der Waals surface area contributed by atoms with Crippen LogP contribution in [0.4, 0.5) is 17.6 Å². The second kappa shape index (κ2) is 6.47. The van der Waals surface area contributed by atoms with E-state index >= 15 is 0 Å². The molecule has 3 aromatic rings. The Balaban J connectivity index is 1.37. The quantitative estimate of drug-likeness (QED) is 0.750. The number of rotatable bonds is 3. The summed E-state index contributed by atoms with van der Waals surface area (Å²) in [6.45, 7) is 2.67. The number of nitrogens with one attached hydrogen (secondary N) is 1. The van der Waals surface area contributed by atoms with E-state index in [0.29, 0.717) is 18.4 Å². The predicted molar refractivity (Wildman–Crippen MR) is 107 cm³/mol. The molecule has 1 N–H and O–H groups in total. The minimum absolute atomic E-state index is 0.0709. The highest BCUT2D eigenvalue weighted by atomic mass is 16.5. The van der Waals surface area contributed by atoms with E-state index in [1.165, 1.54) is 12.8 Å². The predicted octanol–water partition coefficient (Wildman–Crippen LogP) is 3.25. The number of aromatic nitrogens is 5. The smallest absolute Gasteiger partial charge is 0.230 e. The minimum atomic E-state index is 0.0709. The molecule has 1 aliphatic heterocycles. The lowest BCUT2D eigenvalue weighted by atomic mass is 9.95. The normalized spacial score (nSPS) is 17.4. The number of fused-ring (bicyclic) bond motifs is 1. The maximum atomic E-state index is 5.98. The van der Waals surface area contributed by atoms with Crippen LogP contribution in [0.3, 0.4) is 0 Å². The van der Waals surface area contributed by atoms with E-state index in [4.69, 9.17) is 9.72 Å². The number of likely N-dealkylation sites (N-methyl/N-ethyl adjacent to an activating group) is 1. The number of pyridine rings is 1. The number of hydrogen-bond acceptors (Lipinski definition) is 7. The largest absolute Gasteiger partial charge is 0.486 e. The highest BCUT2D eigenvalue weighted by Crippen LogP contribution is 2.43. The number of hydrogen-bond donors (Lipinski definition) is 1. The summed E-state index contributed by atoms with van der Waals surface area (Å²) in [6.07, 6.45) is 12.1. The van der Waals surface area contributed by atoms with Gasteiger partial charge in [0.1, 0.15) is 12.4 Å². The zero-order valence-electron chi connectivity index (χ0n) is 16.1. The van der Waals surface area contributed by atoms with Crippen molar-refractivity contribution in [3.8, 4) is 11.4 Å². The lowest BCUT2D eigenvalue weighted by Gasteiger charge is -2.43. The summed E-state index contributed by atoms with van der Waals surface area (Å²) < 4.78 is 7.92. The Bertz CT molecular complexity index is 992. The van der Waals surface area contributed by atoms with Crippen LogP contribution in [0.5, 0.6) is 5.75 Å². The summed E-state index contributed by atoms with van der Waals surface area (Å²) in [5, 5.41) is 3.20. The van der Waals surface area contributed by atoms with E-state index in [2.05, 4.69) is 32.2 Å². The van der Waals surface area contributed by atoms with Crippen molar-refractivity contribution in [2.75, 3.05) is 23.9 Å². The standard InChI is InChI=1S/C20H23N7O/c1-14-11-27(13-23-14)15-5-6-17(21-9-15)24-19-22-10-16-18(25-19)26(2)20(12-28-16)7-3-4-8-20/h5-6,9-11,13H,3-4,7-8,12H2,1-2H3,(H,21,22,24,25). The maximum absolute atomic E-state index is 5.98. The molecule has 3 aromatic heterocycles. The molecule has 8 heteroatoms. The number of anilines is 3. The third kappa shape index (κ3) is 2.85. The van der Waals surface area contributed by atoms with Gasteiger partial charge in [-0.15, -0.1) is 0 Å². The third-order valence-electron chi connectivity index (χ3n) is 5.79. The highest BCUT2D eigenvalue weighted by molar-refractivity contribution is 5.60. The van der Waals surface area contributed by atoms with Crippen LogP contribution >= 0.6 is 0 Å². The minimum Gasteiger partial charge on any atom is -0.486 e. The van der Waals surface area contributed by atoms with Crippen molar-refractivity contribution in [3.05, 3.63) is 42.7 Å². The third-order valence-corrected chi connectivity index (χ3v) is 5.79. The molecule has 1 saturated carbocycles. The molecule has 0 bridgehead atoms. The van der Waals surface area contributed by atoms with Crippen LogP contribution in [0.2, 0.25) is 0 Å². The molecule has 1 spiro atoms. The fourth-order valence-corrected chi connectivity index (χ4v) is 4.10. The van der Waals surface area contributed by atoms with Gasteiger partial charge in [-0.05, 0) is 31.9 Å². The lowest BCUT2D eigenvalue weighted by molar-refractivity contribution is 0.192. The molecular formula is C20H23N7O. The van der Waals surface area contributed by atoms with Crippen LogP contribution in [0.1, 0.15) is 31.4 Å². The molecule has 1 aliphatic carbocycles. The molecular weight excluding hydrogens is 354 g/mol. The van der Waals surface area contributed by atoms with Crippen LogP contribution in [0, 0.1) is 6.92 Å². The van der Waals surface area contributed by atoms with Gasteiger partial charge >= 0.3 is 0 Å². The van der Waals surface area contributed by atoms with E-state index in [1.54, 1.807) is 18.7 Å². The molecule has 8 nitrogen and oxygen atoms in total. The Morgan fingerprint density at radius 3 is 2.68 bits per heavy atom. The average molecular weight is 377 g/mol. The SMILES string of the molecule is Cc1cn(-c2ccc(Nc3ncc4c(n3)N(C)C3(CCCC3)CO4)nc2)cn1. The lowest BCUT2D eigenvalue weighted by Crippen LogP contribution is -2.52. The van der Waals surface area contributed by atoms with Gasteiger partial charge in [-0.3, -0.25) is 0 Å². The fraction of sp³-hybridized carbons (Fsp3) is 0.400. The van der Waals surface area contributed by atoms with Crippen LogP contribution in [-0.4, -0.2) is 43.7 Å². The first-order valence-electron chi connectivity index (χ1n) is 9.61. The van der Waals surface area contributed by atoms with Gasteiger partial charge in [-0.2, -0.15) is 4.98 Å². The molecule has 5 rings (SSSR count). The summed E-state index contributed by atoms with van der Waals surface area (Å²) in [7, 11) is 2.11. The van der Waals surface area contributed by atoms with Gasteiger partial charge < -0.3 is 19.5 Å². The molecule has 144 valence electrons. The summed E-state index contributed by atoms with van der Waals surface area (Å²) in [5.74, 6) is 2.79. The fourth-order valence-electron chi connectivity index (χ4n) is 4.10. The van der Waals surface area contributed by atoms with E-state index < -0.39 is 0 Å². The van der Waals surface area contributed by atoms with Crippen LogP contribution in [0.15, 0.2) is 37.1 Å². The Morgan fingerprint density at radius 2 is 1.96 bits per heavy atom.